The highest BCUT2D eigenvalue weighted by atomic mass is 32.2. The highest BCUT2D eigenvalue weighted by molar-refractivity contribution is 7.89. The van der Waals surface area contributed by atoms with Gasteiger partial charge in [0.05, 0.1) is 5.75 Å². The number of oxime groups is 1. The summed E-state index contributed by atoms with van der Waals surface area (Å²) in [6.45, 7) is 0.0265. The van der Waals surface area contributed by atoms with Gasteiger partial charge in [-0.2, -0.15) is 0 Å². The van der Waals surface area contributed by atoms with Crippen molar-refractivity contribution in [3.8, 4) is 0 Å². The van der Waals surface area contributed by atoms with E-state index in [0.717, 1.165) is 0 Å². The maximum absolute atomic E-state index is 13.3. The maximum Gasteiger partial charge on any atom is 0.213 e. The summed E-state index contributed by atoms with van der Waals surface area (Å²) in [5.74, 6) is -0.590. The summed E-state index contributed by atoms with van der Waals surface area (Å²) < 4.78 is 42.9. The van der Waals surface area contributed by atoms with Gasteiger partial charge in [-0.3, -0.25) is 0 Å². The first-order valence-electron chi connectivity index (χ1n) is 7.09. The molecule has 2 rings (SSSR count). The fourth-order valence-electron chi connectivity index (χ4n) is 1.86. The van der Waals surface area contributed by atoms with E-state index in [2.05, 4.69) is 35.5 Å². The van der Waals surface area contributed by atoms with Crippen molar-refractivity contribution in [3.05, 3.63) is 29.7 Å². The third kappa shape index (κ3) is 4.90. The Kier molecular flexibility index (Phi) is 5.93. The summed E-state index contributed by atoms with van der Waals surface area (Å²) >= 11 is 0. The number of hydrogen-bond acceptors (Lipinski definition) is 8. The predicted molar refractivity (Wildman–Crippen MR) is 92.2 cm³/mol. The second-order valence-electron chi connectivity index (χ2n) is 4.95. The quantitative estimate of drug-likeness (QED) is 0.155. The molecule has 0 bridgehead atoms. The minimum absolute atomic E-state index is 0.0265. The molecule has 0 fully saturated rings. The molecule has 134 valence electrons. The summed E-state index contributed by atoms with van der Waals surface area (Å²) in [5.41, 5.74) is 0.890. The van der Waals surface area contributed by atoms with E-state index in [0.29, 0.717) is 11.2 Å². The summed E-state index contributed by atoms with van der Waals surface area (Å²) in [7, 11) is -0.495. The van der Waals surface area contributed by atoms with Gasteiger partial charge in [0.25, 0.3) is 0 Å². The number of sulfonamides is 1. The topological polar surface area (TPSA) is 142 Å². The lowest BCUT2D eigenvalue weighted by Gasteiger charge is -2.09. The van der Waals surface area contributed by atoms with Crippen molar-refractivity contribution in [2.45, 2.75) is 0 Å². The normalized spacial score (nSPS) is 12.2. The Labute approximate surface area is 143 Å². The van der Waals surface area contributed by atoms with Crippen LogP contribution >= 0.6 is 0 Å². The van der Waals surface area contributed by atoms with Gasteiger partial charge in [0.15, 0.2) is 5.69 Å². The molecule has 0 aliphatic carbocycles. The molecule has 0 saturated carbocycles. The van der Waals surface area contributed by atoms with E-state index in [1.54, 1.807) is 7.85 Å². The molecule has 0 spiro atoms. The number of nitrogens with one attached hydrogen (secondary N) is 3. The van der Waals surface area contributed by atoms with E-state index < -0.39 is 10.0 Å². The van der Waals surface area contributed by atoms with Crippen LogP contribution in [0.2, 0.25) is 0 Å². The number of rotatable bonds is 7. The van der Waals surface area contributed by atoms with Crippen LogP contribution in [0.3, 0.4) is 0 Å². The van der Waals surface area contributed by atoms with E-state index in [1.165, 1.54) is 25.2 Å². The van der Waals surface area contributed by atoms with Crippen molar-refractivity contribution in [2.24, 2.45) is 5.16 Å². The van der Waals surface area contributed by atoms with Crippen LogP contribution in [-0.2, 0) is 10.0 Å². The van der Waals surface area contributed by atoms with Crippen LogP contribution in [0.5, 0.6) is 0 Å². The van der Waals surface area contributed by atoms with Gasteiger partial charge in [0, 0.05) is 12.2 Å². The minimum Gasteiger partial charge on any atom is -0.409 e. The molecule has 0 radical (unpaired) electrons. The first-order chi connectivity index (χ1) is 11.9. The number of halogens is 1. The molecule has 0 aliphatic rings. The minimum atomic E-state index is -3.39. The molecule has 2 aromatic rings. The number of nitrogens with zero attached hydrogens (tertiary/aromatic N) is 3. The van der Waals surface area contributed by atoms with E-state index in [4.69, 9.17) is 0 Å². The Morgan fingerprint density at radius 3 is 2.84 bits per heavy atom. The number of benzene rings is 1. The van der Waals surface area contributed by atoms with Crippen molar-refractivity contribution in [1.29, 1.82) is 0 Å². The van der Waals surface area contributed by atoms with Crippen molar-refractivity contribution < 1.29 is 22.6 Å². The van der Waals surface area contributed by atoms with E-state index in [-0.39, 0.29) is 35.5 Å². The second kappa shape index (κ2) is 7.94. The first kappa shape index (κ1) is 18.7. The molecule has 4 N–H and O–H groups in total. The van der Waals surface area contributed by atoms with Crippen LogP contribution in [0.15, 0.2) is 28.0 Å². The van der Waals surface area contributed by atoms with Gasteiger partial charge in [-0.05, 0) is 35.6 Å². The highest BCUT2D eigenvalue weighted by Crippen LogP contribution is 2.14. The van der Waals surface area contributed by atoms with Crippen LogP contribution in [-0.4, -0.2) is 57.0 Å². The van der Waals surface area contributed by atoms with E-state index in [1.807, 2.05) is 0 Å². The third-order valence-corrected chi connectivity index (χ3v) is 4.57. The highest BCUT2D eigenvalue weighted by Gasteiger charge is 2.18. The lowest BCUT2D eigenvalue weighted by atomic mass is 9.95. The van der Waals surface area contributed by atoms with Crippen molar-refractivity contribution >= 4 is 40.7 Å². The molecule has 0 aliphatic heterocycles. The largest absolute Gasteiger partial charge is 0.409 e. The number of aromatic nitrogens is 2. The van der Waals surface area contributed by atoms with Crippen molar-refractivity contribution in [1.82, 2.24) is 15.0 Å². The zero-order valence-electron chi connectivity index (χ0n) is 13.4. The smallest absolute Gasteiger partial charge is 0.213 e. The molecular weight excluding hydrogens is 354 g/mol. The van der Waals surface area contributed by atoms with Crippen LogP contribution in [0.4, 0.5) is 15.9 Å². The molecular formula is C12H16BFN6O4S. The average Bonchev–Trinajstić information content (AvgIpc) is 3.04. The van der Waals surface area contributed by atoms with Crippen molar-refractivity contribution in [3.63, 3.8) is 0 Å². The Hall–Kier alpha value is -2.67. The Bertz CT molecular complexity index is 872. The summed E-state index contributed by atoms with van der Waals surface area (Å²) in [6.07, 6.45) is 0. The third-order valence-electron chi connectivity index (χ3n) is 3.21. The van der Waals surface area contributed by atoms with Gasteiger partial charge in [-0.1, -0.05) is 10.6 Å². The van der Waals surface area contributed by atoms with E-state index >= 15 is 0 Å². The van der Waals surface area contributed by atoms with Gasteiger partial charge in [0.2, 0.25) is 21.7 Å². The lowest BCUT2D eigenvalue weighted by Crippen LogP contribution is -2.27. The molecule has 0 unspecified atom stereocenters. The molecule has 10 nitrogen and oxygen atoms in total. The summed E-state index contributed by atoms with van der Waals surface area (Å²) in [4.78, 5) is 0. The predicted octanol–water partition coefficient (Wildman–Crippen LogP) is -1.32. The summed E-state index contributed by atoms with van der Waals surface area (Å²) in [5, 5.41) is 25.0. The molecule has 13 heteroatoms. The average molecular weight is 370 g/mol. The van der Waals surface area contributed by atoms with Crippen LogP contribution in [0, 0.1) is 5.82 Å². The number of hydrogen-bond donors (Lipinski definition) is 4. The number of anilines is 2. The summed E-state index contributed by atoms with van der Waals surface area (Å²) in [6, 6.07) is 4.23. The zero-order chi connectivity index (χ0) is 18.4. The van der Waals surface area contributed by atoms with Crippen molar-refractivity contribution in [2.75, 3.05) is 30.0 Å². The second-order valence-corrected chi connectivity index (χ2v) is 6.99. The maximum atomic E-state index is 13.3. The fraction of sp³-hybridized carbons (Fsp3) is 0.250. The van der Waals surface area contributed by atoms with Gasteiger partial charge in [-0.25, -0.2) is 22.2 Å². The number of amidine groups is 1. The monoisotopic (exact) mass is 370 g/mol. The molecule has 1 aromatic carbocycles. The van der Waals surface area contributed by atoms with Gasteiger partial charge >= 0.3 is 0 Å². The molecule has 0 saturated heterocycles. The molecule has 0 atom stereocenters. The van der Waals surface area contributed by atoms with Gasteiger partial charge in [0.1, 0.15) is 13.7 Å². The Balaban J connectivity index is 2.11. The van der Waals surface area contributed by atoms with E-state index in [9.17, 15) is 18.0 Å². The van der Waals surface area contributed by atoms with Gasteiger partial charge in [-0.15, -0.1) is 0 Å². The van der Waals surface area contributed by atoms with Crippen LogP contribution in [0.1, 0.15) is 5.69 Å². The fourth-order valence-corrected chi connectivity index (χ4v) is 2.43. The lowest BCUT2D eigenvalue weighted by molar-refractivity contribution is 0.305. The Morgan fingerprint density at radius 1 is 1.44 bits per heavy atom. The van der Waals surface area contributed by atoms with Gasteiger partial charge < -0.3 is 15.8 Å². The van der Waals surface area contributed by atoms with Crippen LogP contribution in [0.25, 0.3) is 0 Å². The Morgan fingerprint density at radius 2 is 2.20 bits per heavy atom. The zero-order valence-corrected chi connectivity index (χ0v) is 14.3. The molecule has 1 aromatic heterocycles. The SMILES string of the molecule is Bc1cc(N/C(=N\O)c2nonc2NCCS(=O)(=O)NC)ccc1F. The van der Waals surface area contributed by atoms with Crippen LogP contribution < -0.4 is 20.8 Å². The molecule has 0 amide bonds. The molecule has 1 heterocycles. The first-order valence-corrected chi connectivity index (χ1v) is 8.74. The molecule has 25 heavy (non-hydrogen) atoms. The standard InChI is InChI=1S/C12H16BFN6O4S/c1-15-25(22,23)5-4-16-11-10(19-24-20-11)12(18-21)17-7-2-3-9(14)8(13)6-7/h2-3,6,15,21H,4-5,13H2,1H3,(H,16,20)(H,17,18).